The number of carbonyl (C=O) groups is 3. The SMILES string of the molecule is Cl.NC[C@@H]1CN(C(=O)c2ccc(N3NC(=O)CCC3=O)cc2)C[C@H]1c1ccccc1. The molecule has 0 aliphatic carbocycles. The second kappa shape index (κ2) is 9.28. The maximum Gasteiger partial charge on any atom is 0.253 e. The van der Waals surface area contributed by atoms with E-state index in [9.17, 15) is 14.4 Å². The molecule has 30 heavy (non-hydrogen) atoms. The summed E-state index contributed by atoms with van der Waals surface area (Å²) in [4.78, 5) is 38.5. The van der Waals surface area contributed by atoms with Crippen LogP contribution in [-0.2, 0) is 9.59 Å². The standard InChI is InChI=1S/C22H24N4O3.ClH/c23-12-17-13-25(14-19(17)15-4-2-1-3-5-15)22(29)16-6-8-18(9-7-16)26-21(28)11-10-20(27)24-26;/h1-9,17,19H,10-14,23H2,(H,24,27);1H/t17-,19+;/m1./s1. The molecule has 3 N–H and O–H groups in total. The van der Waals surface area contributed by atoms with E-state index in [4.69, 9.17) is 5.73 Å². The number of rotatable bonds is 4. The average molecular weight is 429 g/mol. The van der Waals surface area contributed by atoms with Gasteiger partial charge in [0.1, 0.15) is 0 Å². The van der Waals surface area contributed by atoms with Crippen LogP contribution in [0.2, 0.25) is 0 Å². The van der Waals surface area contributed by atoms with E-state index in [0.717, 1.165) is 0 Å². The molecule has 0 aromatic heterocycles. The summed E-state index contributed by atoms with van der Waals surface area (Å²) >= 11 is 0. The van der Waals surface area contributed by atoms with Crippen LogP contribution in [0.5, 0.6) is 0 Å². The van der Waals surface area contributed by atoms with Crippen molar-refractivity contribution in [2.75, 3.05) is 24.6 Å². The molecule has 0 bridgehead atoms. The second-order valence-electron chi connectivity index (χ2n) is 7.53. The van der Waals surface area contributed by atoms with Gasteiger partial charge in [-0.3, -0.25) is 19.8 Å². The van der Waals surface area contributed by atoms with Crippen LogP contribution < -0.4 is 16.2 Å². The van der Waals surface area contributed by atoms with E-state index in [2.05, 4.69) is 17.6 Å². The molecule has 0 radical (unpaired) electrons. The minimum Gasteiger partial charge on any atom is -0.338 e. The Labute approximate surface area is 181 Å². The third-order valence-electron chi connectivity index (χ3n) is 5.68. The highest BCUT2D eigenvalue weighted by atomic mass is 35.5. The number of anilines is 1. The summed E-state index contributed by atoms with van der Waals surface area (Å²) in [6.07, 6.45) is 0.382. The Kier molecular flexibility index (Phi) is 6.74. The van der Waals surface area contributed by atoms with Crippen molar-refractivity contribution in [2.45, 2.75) is 18.8 Å². The molecular weight excluding hydrogens is 404 g/mol. The van der Waals surface area contributed by atoms with Crippen molar-refractivity contribution in [2.24, 2.45) is 11.7 Å². The van der Waals surface area contributed by atoms with Crippen molar-refractivity contribution >= 4 is 35.8 Å². The Hall–Kier alpha value is -2.90. The molecule has 2 aromatic carbocycles. The maximum absolute atomic E-state index is 13.0. The van der Waals surface area contributed by atoms with Crippen LogP contribution in [-0.4, -0.2) is 42.3 Å². The third kappa shape index (κ3) is 4.32. The van der Waals surface area contributed by atoms with E-state index in [-0.39, 0.29) is 54.8 Å². The molecular formula is C22H25ClN4O3. The first kappa shape index (κ1) is 21.8. The van der Waals surface area contributed by atoms with Crippen molar-refractivity contribution in [3.05, 3.63) is 65.7 Å². The Balaban J connectivity index is 0.00000256. The van der Waals surface area contributed by atoms with Crippen LogP contribution in [0.3, 0.4) is 0 Å². The number of amides is 3. The largest absolute Gasteiger partial charge is 0.338 e. The van der Waals surface area contributed by atoms with Crippen molar-refractivity contribution < 1.29 is 14.4 Å². The van der Waals surface area contributed by atoms with E-state index < -0.39 is 0 Å². The average Bonchev–Trinajstić information content (AvgIpc) is 3.20. The highest BCUT2D eigenvalue weighted by Gasteiger charge is 2.35. The number of nitrogens with zero attached hydrogens (tertiary/aromatic N) is 2. The monoisotopic (exact) mass is 428 g/mol. The third-order valence-corrected chi connectivity index (χ3v) is 5.68. The first-order valence-electron chi connectivity index (χ1n) is 9.83. The molecule has 8 heteroatoms. The number of nitrogens with one attached hydrogen (secondary N) is 1. The fourth-order valence-electron chi connectivity index (χ4n) is 4.07. The van der Waals surface area contributed by atoms with Gasteiger partial charge in [0.2, 0.25) is 11.8 Å². The lowest BCUT2D eigenvalue weighted by Gasteiger charge is -2.27. The predicted octanol–water partition coefficient (Wildman–Crippen LogP) is 2.08. The van der Waals surface area contributed by atoms with Gasteiger partial charge in [-0.05, 0) is 42.3 Å². The van der Waals surface area contributed by atoms with E-state index in [1.165, 1.54) is 10.6 Å². The number of nitrogens with two attached hydrogens (primary N) is 1. The summed E-state index contributed by atoms with van der Waals surface area (Å²) in [5, 5.41) is 1.24. The number of hydrogen-bond acceptors (Lipinski definition) is 4. The van der Waals surface area contributed by atoms with E-state index in [0.29, 0.717) is 30.9 Å². The normalized spacial score (nSPS) is 21.2. The zero-order chi connectivity index (χ0) is 20.4. The molecule has 2 saturated heterocycles. The fourth-order valence-corrected chi connectivity index (χ4v) is 4.07. The van der Waals surface area contributed by atoms with Crippen LogP contribution in [0.1, 0.15) is 34.7 Å². The molecule has 2 heterocycles. The molecule has 2 aromatic rings. The van der Waals surface area contributed by atoms with E-state index in [1.807, 2.05) is 23.1 Å². The molecule has 2 aliphatic heterocycles. The number of halogens is 1. The van der Waals surface area contributed by atoms with Gasteiger partial charge in [-0.1, -0.05) is 30.3 Å². The Bertz CT molecular complexity index is 920. The highest BCUT2D eigenvalue weighted by molar-refractivity contribution is 6.01. The van der Waals surface area contributed by atoms with Crippen LogP contribution >= 0.6 is 12.4 Å². The molecule has 7 nitrogen and oxygen atoms in total. The lowest BCUT2D eigenvalue weighted by molar-refractivity contribution is -0.130. The Morgan fingerprint density at radius 1 is 1.00 bits per heavy atom. The summed E-state index contributed by atoms with van der Waals surface area (Å²) in [5.74, 6) is 0.0381. The number of carbonyl (C=O) groups excluding carboxylic acids is 3. The van der Waals surface area contributed by atoms with Crippen LogP contribution in [0.15, 0.2) is 54.6 Å². The summed E-state index contributed by atoms with van der Waals surface area (Å²) in [5.41, 5.74) is 10.8. The fraction of sp³-hybridized carbons (Fsp3) is 0.318. The molecule has 2 aliphatic rings. The zero-order valence-corrected chi connectivity index (χ0v) is 17.3. The van der Waals surface area contributed by atoms with Gasteiger partial charge in [0.05, 0.1) is 5.69 Å². The molecule has 4 rings (SSSR count). The van der Waals surface area contributed by atoms with Gasteiger partial charge >= 0.3 is 0 Å². The molecule has 0 saturated carbocycles. The van der Waals surface area contributed by atoms with Gasteiger partial charge in [0.15, 0.2) is 0 Å². The first-order valence-corrected chi connectivity index (χ1v) is 9.83. The maximum atomic E-state index is 13.0. The topological polar surface area (TPSA) is 95.7 Å². The van der Waals surface area contributed by atoms with Gasteiger partial charge < -0.3 is 10.6 Å². The first-order chi connectivity index (χ1) is 14.1. The van der Waals surface area contributed by atoms with Crippen molar-refractivity contribution in [1.82, 2.24) is 10.3 Å². The Morgan fingerprint density at radius 2 is 1.70 bits per heavy atom. The van der Waals surface area contributed by atoms with Crippen molar-refractivity contribution in [3.63, 3.8) is 0 Å². The van der Waals surface area contributed by atoms with Crippen LogP contribution in [0, 0.1) is 5.92 Å². The van der Waals surface area contributed by atoms with Crippen LogP contribution in [0.25, 0.3) is 0 Å². The predicted molar refractivity (Wildman–Crippen MR) is 116 cm³/mol. The van der Waals surface area contributed by atoms with Gasteiger partial charge in [-0.15, -0.1) is 12.4 Å². The lowest BCUT2D eigenvalue weighted by Crippen LogP contribution is -2.50. The summed E-state index contributed by atoms with van der Waals surface area (Å²) < 4.78 is 0. The van der Waals surface area contributed by atoms with Gasteiger partial charge in [0.25, 0.3) is 5.91 Å². The number of hydrogen-bond donors (Lipinski definition) is 2. The van der Waals surface area contributed by atoms with Gasteiger partial charge in [-0.25, -0.2) is 5.01 Å². The minimum atomic E-state index is -0.193. The molecule has 0 spiro atoms. The number of hydrazine groups is 1. The molecule has 158 valence electrons. The number of likely N-dealkylation sites (tertiary alicyclic amines) is 1. The van der Waals surface area contributed by atoms with Crippen molar-refractivity contribution in [3.8, 4) is 0 Å². The molecule has 2 atom stereocenters. The van der Waals surface area contributed by atoms with Gasteiger partial charge in [-0.2, -0.15) is 0 Å². The quantitative estimate of drug-likeness (QED) is 0.779. The Morgan fingerprint density at radius 3 is 2.37 bits per heavy atom. The second-order valence-corrected chi connectivity index (χ2v) is 7.53. The van der Waals surface area contributed by atoms with Crippen LogP contribution in [0.4, 0.5) is 5.69 Å². The molecule has 0 unspecified atom stereocenters. The molecule has 3 amide bonds. The summed E-state index contributed by atoms with van der Waals surface area (Å²) in [6.45, 7) is 1.78. The van der Waals surface area contributed by atoms with E-state index >= 15 is 0 Å². The van der Waals surface area contributed by atoms with Crippen molar-refractivity contribution in [1.29, 1.82) is 0 Å². The highest BCUT2D eigenvalue weighted by Crippen LogP contribution is 2.33. The number of benzene rings is 2. The summed E-state index contributed by atoms with van der Waals surface area (Å²) in [6, 6.07) is 16.9. The molecule has 2 fully saturated rings. The van der Waals surface area contributed by atoms with Gasteiger partial charge in [0, 0.05) is 37.4 Å². The minimum absolute atomic E-state index is 0. The zero-order valence-electron chi connectivity index (χ0n) is 16.5. The summed E-state index contributed by atoms with van der Waals surface area (Å²) in [7, 11) is 0. The smallest absolute Gasteiger partial charge is 0.253 e. The lowest BCUT2D eigenvalue weighted by atomic mass is 9.89. The van der Waals surface area contributed by atoms with E-state index in [1.54, 1.807) is 24.3 Å².